The molecule has 0 heterocycles. The maximum atomic E-state index is 12.0. The Morgan fingerprint density at radius 3 is 2.57 bits per heavy atom. The Balaban J connectivity index is 1.91. The zero-order chi connectivity index (χ0) is 15.1. The Hall–Kier alpha value is -2.36. The van der Waals surface area contributed by atoms with Gasteiger partial charge < -0.3 is 4.74 Å². The van der Waals surface area contributed by atoms with Gasteiger partial charge in [-0.05, 0) is 30.3 Å². The van der Waals surface area contributed by atoms with Crippen LogP contribution in [0.25, 0.3) is 0 Å². The van der Waals surface area contributed by atoms with Gasteiger partial charge in [-0.2, -0.15) is 5.26 Å². The van der Waals surface area contributed by atoms with Gasteiger partial charge in [-0.3, -0.25) is 0 Å². The van der Waals surface area contributed by atoms with Crippen molar-refractivity contribution in [2.24, 2.45) is 0 Å². The van der Waals surface area contributed by atoms with Crippen LogP contribution in [0.15, 0.2) is 59.5 Å². The lowest BCUT2D eigenvalue weighted by Gasteiger charge is -2.08. The standard InChI is InChI=1S/C15H14N2O3S/c16-12-13-5-4-8-15(11-13)21(18,19)17-9-10-20-14-6-2-1-3-7-14/h1-8,11,17H,9-10H2. The Bertz CT molecular complexity index is 737. The molecule has 0 bridgehead atoms. The van der Waals surface area contributed by atoms with Crippen LogP contribution in [0.4, 0.5) is 0 Å². The number of para-hydroxylation sites is 1. The summed E-state index contributed by atoms with van der Waals surface area (Å²) in [5, 5.41) is 8.78. The van der Waals surface area contributed by atoms with Crippen molar-refractivity contribution in [2.45, 2.75) is 4.90 Å². The van der Waals surface area contributed by atoms with Crippen LogP contribution < -0.4 is 9.46 Å². The highest BCUT2D eigenvalue weighted by Gasteiger charge is 2.13. The second-order valence-corrected chi connectivity index (χ2v) is 5.97. The van der Waals surface area contributed by atoms with Crippen molar-refractivity contribution in [1.82, 2.24) is 4.72 Å². The van der Waals surface area contributed by atoms with Gasteiger partial charge in [0.2, 0.25) is 10.0 Å². The van der Waals surface area contributed by atoms with E-state index in [4.69, 9.17) is 10.00 Å². The van der Waals surface area contributed by atoms with E-state index in [-0.39, 0.29) is 18.0 Å². The fraction of sp³-hybridized carbons (Fsp3) is 0.133. The first-order valence-electron chi connectivity index (χ1n) is 6.29. The summed E-state index contributed by atoms with van der Waals surface area (Å²) >= 11 is 0. The third-order valence-electron chi connectivity index (χ3n) is 2.68. The lowest BCUT2D eigenvalue weighted by molar-refractivity contribution is 0.323. The van der Waals surface area contributed by atoms with Gasteiger partial charge >= 0.3 is 0 Å². The molecule has 0 atom stereocenters. The van der Waals surface area contributed by atoms with Gasteiger partial charge in [0, 0.05) is 6.54 Å². The molecule has 0 aromatic heterocycles. The largest absolute Gasteiger partial charge is 0.492 e. The minimum Gasteiger partial charge on any atom is -0.492 e. The van der Waals surface area contributed by atoms with E-state index in [9.17, 15) is 8.42 Å². The van der Waals surface area contributed by atoms with E-state index in [0.717, 1.165) is 0 Å². The van der Waals surface area contributed by atoms with Crippen LogP contribution in [0.1, 0.15) is 5.56 Å². The van der Waals surface area contributed by atoms with Crippen LogP contribution >= 0.6 is 0 Å². The number of hydrogen-bond donors (Lipinski definition) is 1. The molecule has 0 saturated carbocycles. The van der Waals surface area contributed by atoms with E-state index in [1.165, 1.54) is 18.2 Å². The molecule has 0 saturated heterocycles. The summed E-state index contributed by atoms with van der Waals surface area (Å²) in [4.78, 5) is 0.0706. The number of nitrogens with zero attached hydrogens (tertiary/aromatic N) is 1. The molecule has 108 valence electrons. The average molecular weight is 302 g/mol. The van der Waals surface area contributed by atoms with Crippen molar-refractivity contribution in [3.8, 4) is 11.8 Å². The molecule has 1 N–H and O–H groups in total. The molecule has 0 aliphatic heterocycles. The molecule has 0 spiro atoms. The van der Waals surface area contributed by atoms with E-state index in [1.54, 1.807) is 18.2 Å². The smallest absolute Gasteiger partial charge is 0.240 e. The monoisotopic (exact) mass is 302 g/mol. The molecular formula is C15H14N2O3S. The molecule has 0 aliphatic carbocycles. The minimum atomic E-state index is -3.63. The number of benzene rings is 2. The van der Waals surface area contributed by atoms with Gasteiger partial charge in [0.1, 0.15) is 12.4 Å². The normalized spacial score (nSPS) is 10.8. The maximum absolute atomic E-state index is 12.0. The van der Waals surface area contributed by atoms with Gasteiger partial charge in [-0.1, -0.05) is 24.3 Å². The predicted molar refractivity (Wildman–Crippen MR) is 78.3 cm³/mol. The lowest BCUT2D eigenvalue weighted by Crippen LogP contribution is -2.28. The summed E-state index contributed by atoms with van der Waals surface area (Å²) in [6, 6.07) is 16.9. The van der Waals surface area contributed by atoms with Crippen LogP contribution in [0, 0.1) is 11.3 Å². The van der Waals surface area contributed by atoms with Crippen LogP contribution in [0.3, 0.4) is 0 Å². The molecule has 6 heteroatoms. The molecule has 2 aromatic rings. The third kappa shape index (κ3) is 4.31. The Kier molecular flexibility index (Phi) is 4.93. The summed E-state index contributed by atoms with van der Waals surface area (Å²) < 4.78 is 31.9. The van der Waals surface area contributed by atoms with E-state index < -0.39 is 10.0 Å². The quantitative estimate of drug-likeness (QED) is 0.827. The SMILES string of the molecule is N#Cc1cccc(S(=O)(=O)NCCOc2ccccc2)c1. The van der Waals surface area contributed by atoms with E-state index in [2.05, 4.69) is 4.72 Å². The number of nitriles is 1. The van der Waals surface area contributed by atoms with Crippen LogP contribution in [0.5, 0.6) is 5.75 Å². The van der Waals surface area contributed by atoms with Crippen molar-refractivity contribution < 1.29 is 13.2 Å². The zero-order valence-electron chi connectivity index (χ0n) is 11.2. The number of rotatable bonds is 6. The molecule has 0 aliphatic rings. The Morgan fingerprint density at radius 1 is 1.10 bits per heavy atom. The molecular weight excluding hydrogens is 288 g/mol. The van der Waals surface area contributed by atoms with E-state index >= 15 is 0 Å². The van der Waals surface area contributed by atoms with Crippen molar-refractivity contribution in [3.05, 3.63) is 60.2 Å². The number of hydrogen-bond acceptors (Lipinski definition) is 4. The topological polar surface area (TPSA) is 79.2 Å². The first kappa shape index (κ1) is 15.0. The van der Waals surface area contributed by atoms with E-state index in [0.29, 0.717) is 11.3 Å². The summed E-state index contributed by atoms with van der Waals surface area (Å²) in [7, 11) is -3.63. The molecule has 5 nitrogen and oxygen atoms in total. The minimum absolute atomic E-state index is 0.0706. The molecule has 0 unspecified atom stereocenters. The first-order valence-corrected chi connectivity index (χ1v) is 7.78. The van der Waals surface area contributed by atoms with Gasteiger partial charge in [-0.15, -0.1) is 0 Å². The predicted octanol–water partition coefficient (Wildman–Crippen LogP) is 1.92. The zero-order valence-corrected chi connectivity index (χ0v) is 12.0. The molecule has 0 radical (unpaired) electrons. The molecule has 21 heavy (non-hydrogen) atoms. The van der Waals surface area contributed by atoms with Gasteiger partial charge in [0.25, 0.3) is 0 Å². The van der Waals surface area contributed by atoms with Crippen LogP contribution in [-0.4, -0.2) is 21.6 Å². The Labute approximate surface area is 123 Å². The number of sulfonamides is 1. The van der Waals surface area contributed by atoms with Crippen molar-refractivity contribution in [2.75, 3.05) is 13.2 Å². The van der Waals surface area contributed by atoms with Crippen molar-refractivity contribution in [1.29, 1.82) is 5.26 Å². The second kappa shape index (κ2) is 6.88. The summed E-state index contributed by atoms with van der Waals surface area (Å²) in [5.41, 5.74) is 0.304. The summed E-state index contributed by atoms with van der Waals surface area (Å²) in [6.07, 6.45) is 0. The highest BCUT2D eigenvalue weighted by Crippen LogP contribution is 2.11. The summed E-state index contributed by atoms with van der Waals surface area (Å²) in [5.74, 6) is 0.683. The van der Waals surface area contributed by atoms with Gasteiger partial charge in [0.15, 0.2) is 0 Å². The molecule has 0 fully saturated rings. The van der Waals surface area contributed by atoms with Crippen molar-refractivity contribution >= 4 is 10.0 Å². The van der Waals surface area contributed by atoms with Gasteiger partial charge in [-0.25, -0.2) is 13.1 Å². The van der Waals surface area contributed by atoms with Crippen LogP contribution in [-0.2, 0) is 10.0 Å². The number of nitrogens with one attached hydrogen (secondary N) is 1. The number of ether oxygens (including phenoxy) is 1. The maximum Gasteiger partial charge on any atom is 0.240 e. The lowest BCUT2D eigenvalue weighted by atomic mass is 10.2. The highest BCUT2D eigenvalue weighted by molar-refractivity contribution is 7.89. The van der Waals surface area contributed by atoms with Crippen molar-refractivity contribution in [3.63, 3.8) is 0 Å². The fourth-order valence-corrected chi connectivity index (χ4v) is 2.74. The average Bonchev–Trinajstić information content (AvgIpc) is 2.53. The molecule has 2 aromatic carbocycles. The first-order chi connectivity index (χ1) is 10.1. The third-order valence-corrected chi connectivity index (χ3v) is 4.14. The molecule has 0 amide bonds. The van der Waals surface area contributed by atoms with E-state index in [1.807, 2.05) is 24.3 Å². The summed E-state index contributed by atoms with van der Waals surface area (Å²) in [6.45, 7) is 0.370. The van der Waals surface area contributed by atoms with Gasteiger partial charge in [0.05, 0.1) is 16.5 Å². The fourth-order valence-electron chi connectivity index (χ4n) is 1.68. The van der Waals surface area contributed by atoms with Crippen LogP contribution in [0.2, 0.25) is 0 Å². The highest BCUT2D eigenvalue weighted by atomic mass is 32.2. The second-order valence-electron chi connectivity index (χ2n) is 4.20. The molecule has 2 rings (SSSR count). The Morgan fingerprint density at radius 2 is 1.86 bits per heavy atom.